The lowest BCUT2D eigenvalue weighted by atomic mass is 9.80. The zero-order valence-electron chi connectivity index (χ0n) is 12.7. The SMILES string of the molecule is CC(C)N(CCn1cncn1)CC(C)(C)C(C)C. The predicted molar refractivity (Wildman–Crippen MR) is 75.4 cm³/mol. The normalized spacial score (nSPS) is 12.9. The summed E-state index contributed by atoms with van der Waals surface area (Å²) in [6.45, 7) is 16.9. The van der Waals surface area contributed by atoms with Crippen LogP contribution in [0.2, 0.25) is 0 Å². The predicted octanol–water partition coefficient (Wildman–Crippen LogP) is 2.67. The summed E-state index contributed by atoms with van der Waals surface area (Å²) in [7, 11) is 0. The first-order chi connectivity index (χ1) is 8.33. The van der Waals surface area contributed by atoms with Gasteiger partial charge in [0.2, 0.25) is 0 Å². The molecule has 0 fully saturated rings. The van der Waals surface area contributed by atoms with Gasteiger partial charge in [0.15, 0.2) is 0 Å². The maximum absolute atomic E-state index is 4.16. The van der Waals surface area contributed by atoms with Crippen molar-refractivity contribution in [1.82, 2.24) is 19.7 Å². The molecule has 0 bridgehead atoms. The average Bonchev–Trinajstić information content (AvgIpc) is 2.76. The van der Waals surface area contributed by atoms with Crippen LogP contribution < -0.4 is 0 Å². The van der Waals surface area contributed by atoms with Crippen LogP contribution in [-0.2, 0) is 6.54 Å². The highest BCUT2D eigenvalue weighted by molar-refractivity contribution is 4.78. The van der Waals surface area contributed by atoms with Crippen LogP contribution in [0.3, 0.4) is 0 Å². The van der Waals surface area contributed by atoms with Gasteiger partial charge in [-0.15, -0.1) is 0 Å². The molecule has 0 saturated heterocycles. The van der Waals surface area contributed by atoms with Crippen molar-refractivity contribution in [1.29, 1.82) is 0 Å². The first-order valence-electron chi connectivity index (χ1n) is 6.89. The van der Waals surface area contributed by atoms with Crippen molar-refractivity contribution in [3.05, 3.63) is 12.7 Å². The molecule has 0 aliphatic carbocycles. The minimum absolute atomic E-state index is 0.340. The Labute approximate surface area is 111 Å². The molecular formula is C14H28N4. The number of hydrogen-bond acceptors (Lipinski definition) is 3. The summed E-state index contributed by atoms with van der Waals surface area (Å²) in [6.07, 6.45) is 3.38. The second-order valence-corrected chi connectivity index (χ2v) is 6.37. The fraction of sp³-hybridized carbons (Fsp3) is 0.857. The third-order valence-electron chi connectivity index (χ3n) is 3.99. The van der Waals surface area contributed by atoms with E-state index in [0.29, 0.717) is 17.4 Å². The highest BCUT2D eigenvalue weighted by Crippen LogP contribution is 2.27. The van der Waals surface area contributed by atoms with E-state index in [4.69, 9.17) is 0 Å². The maximum atomic E-state index is 4.16. The Bertz CT molecular complexity index is 328. The number of aromatic nitrogens is 3. The molecule has 1 aromatic rings. The van der Waals surface area contributed by atoms with E-state index in [1.807, 2.05) is 4.68 Å². The van der Waals surface area contributed by atoms with Crippen LogP contribution in [0, 0.1) is 11.3 Å². The lowest BCUT2D eigenvalue weighted by molar-refractivity contribution is 0.105. The fourth-order valence-electron chi connectivity index (χ4n) is 1.80. The molecular weight excluding hydrogens is 224 g/mol. The maximum Gasteiger partial charge on any atom is 0.137 e. The van der Waals surface area contributed by atoms with Gasteiger partial charge >= 0.3 is 0 Å². The average molecular weight is 252 g/mol. The van der Waals surface area contributed by atoms with Gasteiger partial charge < -0.3 is 0 Å². The molecule has 0 amide bonds. The molecule has 1 aromatic heterocycles. The Morgan fingerprint density at radius 2 is 1.89 bits per heavy atom. The van der Waals surface area contributed by atoms with Crippen molar-refractivity contribution >= 4 is 0 Å². The van der Waals surface area contributed by atoms with Gasteiger partial charge in [0.05, 0.1) is 6.54 Å². The van der Waals surface area contributed by atoms with E-state index in [2.05, 4.69) is 56.5 Å². The minimum atomic E-state index is 0.340. The van der Waals surface area contributed by atoms with Crippen molar-refractivity contribution in [2.75, 3.05) is 13.1 Å². The molecule has 0 atom stereocenters. The second kappa shape index (κ2) is 6.32. The summed E-state index contributed by atoms with van der Waals surface area (Å²) in [4.78, 5) is 6.51. The summed E-state index contributed by atoms with van der Waals surface area (Å²) in [5.41, 5.74) is 0.340. The quantitative estimate of drug-likeness (QED) is 0.748. The van der Waals surface area contributed by atoms with Gasteiger partial charge in [0, 0.05) is 19.1 Å². The second-order valence-electron chi connectivity index (χ2n) is 6.37. The zero-order valence-corrected chi connectivity index (χ0v) is 12.7. The van der Waals surface area contributed by atoms with E-state index in [1.54, 1.807) is 12.7 Å². The first kappa shape index (κ1) is 15.2. The van der Waals surface area contributed by atoms with Crippen molar-refractivity contribution in [2.24, 2.45) is 11.3 Å². The Morgan fingerprint density at radius 3 is 2.33 bits per heavy atom. The van der Waals surface area contributed by atoms with E-state index in [1.165, 1.54) is 0 Å². The zero-order chi connectivity index (χ0) is 13.8. The van der Waals surface area contributed by atoms with Crippen LogP contribution in [0.4, 0.5) is 0 Å². The van der Waals surface area contributed by atoms with Gasteiger partial charge in [-0.3, -0.25) is 9.58 Å². The molecule has 0 aromatic carbocycles. The van der Waals surface area contributed by atoms with Crippen molar-refractivity contribution in [3.63, 3.8) is 0 Å². The molecule has 0 unspecified atom stereocenters. The number of nitrogens with zero attached hydrogens (tertiary/aromatic N) is 4. The summed E-state index contributed by atoms with van der Waals surface area (Å²) >= 11 is 0. The molecule has 0 saturated carbocycles. The molecule has 1 heterocycles. The smallest absolute Gasteiger partial charge is 0.137 e. The summed E-state index contributed by atoms with van der Waals surface area (Å²) < 4.78 is 1.90. The molecule has 18 heavy (non-hydrogen) atoms. The van der Waals surface area contributed by atoms with Gasteiger partial charge in [-0.1, -0.05) is 27.7 Å². The summed E-state index contributed by atoms with van der Waals surface area (Å²) in [6, 6.07) is 0.562. The van der Waals surface area contributed by atoms with Crippen molar-refractivity contribution < 1.29 is 0 Å². The fourth-order valence-corrected chi connectivity index (χ4v) is 1.80. The van der Waals surface area contributed by atoms with Crippen LogP contribution in [0.1, 0.15) is 41.5 Å². The first-order valence-corrected chi connectivity index (χ1v) is 6.89. The van der Waals surface area contributed by atoms with E-state index in [9.17, 15) is 0 Å². The van der Waals surface area contributed by atoms with Gasteiger partial charge in [-0.05, 0) is 25.2 Å². The van der Waals surface area contributed by atoms with Crippen molar-refractivity contribution in [2.45, 2.75) is 54.1 Å². The molecule has 0 radical (unpaired) electrons. The van der Waals surface area contributed by atoms with Crippen LogP contribution >= 0.6 is 0 Å². The van der Waals surface area contributed by atoms with E-state index in [0.717, 1.165) is 19.6 Å². The third kappa shape index (κ3) is 4.41. The van der Waals surface area contributed by atoms with Gasteiger partial charge in [-0.25, -0.2) is 4.98 Å². The van der Waals surface area contributed by atoms with Gasteiger partial charge in [0.1, 0.15) is 12.7 Å². The van der Waals surface area contributed by atoms with E-state index in [-0.39, 0.29) is 0 Å². The molecule has 1 rings (SSSR count). The van der Waals surface area contributed by atoms with Crippen LogP contribution in [0.15, 0.2) is 12.7 Å². The Kier molecular flexibility index (Phi) is 5.32. The van der Waals surface area contributed by atoms with E-state index >= 15 is 0 Å². The Balaban J connectivity index is 2.55. The topological polar surface area (TPSA) is 34.0 Å². The van der Waals surface area contributed by atoms with Crippen molar-refractivity contribution in [3.8, 4) is 0 Å². The largest absolute Gasteiger partial charge is 0.299 e. The number of hydrogen-bond donors (Lipinski definition) is 0. The van der Waals surface area contributed by atoms with Crippen LogP contribution in [0.5, 0.6) is 0 Å². The minimum Gasteiger partial charge on any atom is -0.299 e. The lowest BCUT2D eigenvalue weighted by Gasteiger charge is -2.37. The third-order valence-corrected chi connectivity index (χ3v) is 3.99. The summed E-state index contributed by atoms with van der Waals surface area (Å²) in [5.74, 6) is 0.685. The van der Waals surface area contributed by atoms with Crippen LogP contribution in [0.25, 0.3) is 0 Å². The Morgan fingerprint density at radius 1 is 1.22 bits per heavy atom. The molecule has 4 heteroatoms. The van der Waals surface area contributed by atoms with E-state index < -0.39 is 0 Å². The molecule has 0 aliphatic heterocycles. The molecule has 0 N–H and O–H groups in total. The number of rotatable bonds is 7. The Hall–Kier alpha value is -0.900. The lowest BCUT2D eigenvalue weighted by Crippen LogP contribution is -2.42. The summed E-state index contributed by atoms with van der Waals surface area (Å²) in [5, 5.41) is 4.16. The molecule has 0 aliphatic rings. The van der Waals surface area contributed by atoms with Gasteiger partial charge in [-0.2, -0.15) is 5.10 Å². The molecule has 0 spiro atoms. The molecule has 4 nitrogen and oxygen atoms in total. The highest BCUT2D eigenvalue weighted by atomic mass is 15.3. The highest BCUT2D eigenvalue weighted by Gasteiger charge is 2.26. The molecule has 104 valence electrons. The monoisotopic (exact) mass is 252 g/mol. The standard InChI is InChI=1S/C14H28N4/c1-12(2)14(5,6)9-17(13(3)4)7-8-18-11-15-10-16-18/h10-13H,7-9H2,1-6H3. The van der Waals surface area contributed by atoms with Gasteiger partial charge in [0.25, 0.3) is 0 Å². The van der Waals surface area contributed by atoms with Crippen LogP contribution in [-0.4, -0.2) is 38.8 Å².